The van der Waals surface area contributed by atoms with Gasteiger partial charge in [0.15, 0.2) is 0 Å². The van der Waals surface area contributed by atoms with E-state index in [-0.39, 0.29) is 17.0 Å². The average molecular weight is 492 g/mol. The highest BCUT2D eigenvalue weighted by atomic mass is 79.9. The van der Waals surface area contributed by atoms with Crippen molar-refractivity contribution in [1.82, 2.24) is 0 Å². The van der Waals surface area contributed by atoms with E-state index in [1.807, 2.05) is 18.2 Å². The fraction of sp³-hybridized carbons (Fsp3) is 0.250. The first-order chi connectivity index (χ1) is 13.5. The summed E-state index contributed by atoms with van der Waals surface area (Å²) in [6.45, 7) is 3.09. The summed E-state index contributed by atoms with van der Waals surface area (Å²) < 4.78 is 0.979. The van der Waals surface area contributed by atoms with Gasteiger partial charge >= 0.3 is 0 Å². The van der Waals surface area contributed by atoms with Crippen molar-refractivity contribution in [2.75, 3.05) is 32.5 Å². The molecule has 0 aliphatic heterocycles. The highest BCUT2D eigenvalue weighted by Crippen LogP contribution is 2.35. The van der Waals surface area contributed by atoms with Gasteiger partial charge in [-0.1, -0.05) is 71.9 Å². The van der Waals surface area contributed by atoms with Crippen molar-refractivity contribution in [2.24, 2.45) is 0 Å². The molecule has 0 saturated carbocycles. The molecule has 154 valence electrons. The molecule has 3 aromatic rings. The lowest BCUT2D eigenvalue weighted by atomic mass is 10.2. The topological polar surface area (TPSA) is 12.0 Å². The van der Waals surface area contributed by atoms with Gasteiger partial charge in [0.25, 0.3) is 0 Å². The van der Waals surface area contributed by atoms with E-state index in [0.717, 1.165) is 41.2 Å². The van der Waals surface area contributed by atoms with Gasteiger partial charge in [0.2, 0.25) is 0 Å². The van der Waals surface area contributed by atoms with E-state index >= 15 is 0 Å². The molecule has 0 aliphatic carbocycles. The Morgan fingerprint density at radius 3 is 2.24 bits per heavy atom. The average Bonchev–Trinajstić information content (AvgIpc) is 2.68. The summed E-state index contributed by atoms with van der Waals surface area (Å²) in [5, 5.41) is 4.36. The number of rotatable bonds is 9. The second-order valence-electron chi connectivity index (χ2n) is 7.64. The van der Waals surface area contributed by atoms with Gasteiger partial charge in [0, 0.05) is 39.0 Å². The quantitative estimate of drug-likeness (QED) is 0.363. The molecule has 0 saturated heterocycles. The van der Waals surface area contributed by atoms with Crippen LogP contribution in [0, 0.1) is 0 Å². The van der Waals surface area contributed by atoms with Gasteiger partial charge in [-0.2, -0.15) is 0 Å². The molecule has 0 unspecified atom stereocenters. The number of quaternary nitrogens is 1. The Kier molecular flexibility index (Phi) is 9.57. The monoisotopic (exact) mass is 490 g/mol. The number of halogens is 2. The van der Waals surface area contributed by atoms with Crippen LogP contribution in [0.4, 0.5) is 5.69 Å². The summed E-state index contributed by atoms with van der Waals surface area (Å²) in [6.07, 6.45) is 1.10. The van der Waals surface area contributed by atoms with Crippen molar-refractivity contribution in [3.8, 4) is 0 Å². The molecule has 29 heavy (non-hydrogen) atoms. The number of benzene rings is 3. The predicted molar refractivity (Wildman–Crippen MR) is 122 cm³/mol. The third-order valence-corrected chi connectivity index (χ3v) is 5.94. The first-order valence-electron chi connectivity index (χ1n) is 9.64. The van der Waals surface area contributed by atoms with Gasteiger partial charge < -0.3 is 26.8 Å². The van der Waals surface area contributed by atoms with Crippen LogP contribution in [-0.2, 0) is 6.54 Å². The van der Waals surface area contributed by atoms with Crippen molar-refractivity contribution in [3.05, 3.63) is 89.4 Å². The highest BCUT2D eigenvalue weighted by molar-refractivity contribution is 7.99. The van der Waals surface area contributed by atoms with Gasteiger partial charge in [-0.25, -0.2) is 0 Å². The van der Waals surface area contributed by atoms with Crippen LogP contribution in [0.1, 0.15) is 12.0 Å². The molecule has 0 bridgehead atoms. The Morgan fingerprint density at radius 2 is 1.55 bits per heavy atom. The zero-order valence-electron chi connectivity index (χ0n) is 16.9. The second kappa shape index (κ2) is 11.7. The molecule has 0 amide bonds. The molecule has 0 atom stereocenters. The Bertz CT molecular complexity index is 873. The number of hydrogen-bond acceptors (Lipinski definition) is 2. The van der Waals surface area contributed by atoms with Crippen molar-refractivity contribution >= 4 is 29.1 Å². The molecule has 1 N–H and O–H groups in total. The highest BCUT2D eigenvalue weighted by Gasteiger charge is 2.15. The van der Waals surface area contributed by atoms with Crippen molar-refractivity contribution in [2.45, 2.75) is 22.8 Å². The lowest BCUT2D eigenvalue weighted by Gasteiger charge is -2.30. The van der Waals surface area contributed by atoms with Crippen molar-refractivity contribution in [1.29, 1.82) is 0 Å². The first kappa shape index (κ1) is 23.8. The SMILES string of the molecule is C[N+](C)(CCCNc1cc(Cl)ccc1Sc1ccccc1)Cc1ccccc1.[Br-]. The third-order valence-electron chi connectivity index (χ3n) is 4.62. The van der Waals surface area contributed by atoms with Crippen LogP contribution in [-0.4, -0.2) is 31.7 Å². The smallest absolute Gasteiger partial charge is 0.104 e. The van der Waals surface area contributed by atoms with E-state index in [1.54, 1.807) is 11.8 Å². The van der Waals surface area contributed by atoms with E-state index in [1.165, 1.54) is 15.4 Å². The second-order valence-corrected chi connectivity index (χ2v) is 9.19. The molecule has 0 heterocycles. The van der Waals surface area contributed by atoms with Crippen LogP contribution < -0.4 is 22.3 Å². The standard InChI is InChI=1S/C24H28ClN2S.BrH/c1-27(2,19-20-10-5-3-6-11-20)17-9-16-26-23-18-21(25)14-15-24(23)28-22-12-7-4-8-13-22;/h3-8,10-15,18,26H,9,16-17,19H2,1-2H3;1H/q+1;/p-1. The van der Waals surface area contributed by atoms with E-state index in [2.05, 4.69) is 80.1 Å². The van der Waals surface area contributed by atoms with E-state index < -0.39 is 0 Å². The maximum atomic E-state index is 6.24. The molecule has 3 rings (SSSR count). The minimum atomic E-state index is 0. The lowest BCUT2D eigenvalue weighted by Crippen LogP contribution is -3.00. The maximum Gasteiger partial charge on any atom is 0.104 e. The molecule has 5 heteroatoms. The minimum Gasteiger partial charge on any atom is -1.00 e. The molecule has 0 aromatic heterocycles. The van der Waals surface area contributed by atoms with E-state index in [0.29, 0.717) is 0 Å². The first-order valence-corrected chi connectivity index (χ1v) is 10.8. The Morgan fingerprint density at radius 1 is 0.897 bits per heavy atom. The summed E-state index contributed by atoms with van der Waals surface area (Å²) in [7, 11) is 4.59. The molecule has 2 nitrogen and oxygen atoms in total. The number of anilines is 1. The zero-order valence-corrected chi connectivity index (χ0v) is 20.1. The fourth-order valence-corrected chi connectivity index (χ4v) is 4.33. The van der Waals surface area contributed by atoms with Crippen molar-refractivity contribution in [3.63, 3.8) is 0 Å². The lowest BCUT2D eigenvalue weighted by molar-refractivity contribution is -0.903. The minimum absolute atomic E-state index is 0. The van der Waals surface area contributed by atoms with Crippen LogP contribution >= 0.6 is 23.4 Å². The van der Waals surface area contributed by atoms with Crippen LogP contribution in [0.5, 0.6) is 0 Å². The van der Waals surface area contributed by atoms with Crippen LogP contribution in [0.15, 0.2) is 88.7 Å². The molecule has 0 fully saturated rings. The van der Waals surface area contributed by atoms with Crippen LogP contribution in [0.2, 0.25) is 5.02 Å². The van der Waals surface area contributed by atoms with Gasteiger partial charge in [-0.05, 0) is 30.3 Å². The predicted octanol–water partition coefficient (Wildman–Crippen LogP) is 3.57. The van der Waals surface area contributed by atoms with Gasteiger partial charge in [0.05, 0.1) is 20.6 Å². The molecule has 0 aliphatic rings. The summed E-state index contributed by atoms with van der Waals surface area (Å²) in [5.74, 6) is 0. The van der Waals surface area contributed by atoms with Crippen LogP contribution in [0.25, 0.3) is 0 Å². The van der Waals surface area contributed by atoms with Crippen LogP contribution in [0.3, 0.4) is 0 Å². The normalized spacial score (nSPS) is 11.0. The number of nitrogens with one attached hydrogen (secondary N) is 1. The number of hydrogen-bond donors (Lipinski definition) is 1. The molecule has 3 aromatic carbocycles. The summed E-state index contributed by atoms with van der Waals surface area (Å²) in [5.41, 5.74) is 2.49. The Balaban J connectivity index is 0.00000300. The Hall–Kier alpha value is -1.46. The van der Waals surface area contributed by atoms with Gasteiger partial charge in [0.1, 0.15) is 6.54 Å². The molecule has 0 spiro atoms. The van der Waals surface area contributed by atoms with E-state index in [4.69, 9.17) is 11.6 Å². The maximum absolute atomic E-state index is 6.24. The Labute approximate surface area is 194 Å². The number of nitrogens with zero attached hydrogens (tertiary/aromatic N) is 1. The molecule has 0 radical (unpaired) electrons. The summed E-state index contributed by atoms with van der Waals surface area (Å²) >= 11 is 8.01. The fourth-order valence-electron chi connectivity index (χ4n) is 3.23. The van der Waals surface area contributed by atoms with Crippen molar-refractivity contribution < 1.29 is 21.5 Å². The van der Waals surface area contributed by atoms with Gasteiger partial charge in [-0.3, -0.25) is 0 Å². The summed E-state index contributed by atoms with van der Waals surface area (Å²) in [6, 6.07) is 27.2. The third kappa shape index (κ3) is 8.06. The molecular formula is C24H28BrClN2S. The van der Waals surface area contributed by atoms with Gasteiger partial charge in [-0.15, -0.1) is 0 Å². The van der Waals surface area contributed by atoms with E-state index in [9.17, 15) is 0 Å². The molecular weight excluding hydrogens is 464 g/mol. The summed E-state index contributed by atoms with van der Waals surface area (Å²) in [4.78, 5) is 2.43. The largest absolute Gasteiger partial charge is 1.00 e. The zero-order chi connectivity index (χ0) is 19.8.